The highest BCUT2D eigenvalue weighted by molar-refractivity contribution is 7.22. The zero-order valence-electron chi connectivity index (χ0n) is 16.0. The van der Waals surface area contributed by atoms with Gasteiger partial charge in [-0.2, -0.15) is 0 Å². The molecule has 0 unspecified atom stereocenters. The van der Waals surface area contributed by atoms with E-state index in [1.165, 1.54) is 53.9 Å². The molecule has 0 aliphatic rings. The van der Waals surface area contributed by atoms with Crippen LogP contribution in [0.4, 0.5) is 0 Å². The number of thiophene rings is 1. The molecule has 26 heavy (non-hydrogen) atoms. The van der Waals surface area contributed by atoms with Crippen LogP contribution in [0.5, 0.6) is 0 Å². The van der Waals surface area contributed by atoms with Gasteiger partial charge in [-0.25, -0.2) is 0 Å². The number of nitrogens with zero attached hydrogens (tertiary/aromatic N) is 1. The molecule has 0 spiro atoms. The van der Waals surface area contributed by atoms with Gasteiger partial charge in [0.1, 0.15) is 0 Å². The Morgan fingerprint density at radius 1 is 0.692 bits per heavy atom. The standard InChI is InChI=1S/C24H23NS/c1-14-6-15(2)10-19(9-14)21-12-22-20(13-25-21)11-23(26-22)24-17(4)7-16(3)8-18(24)5/h6-13H,1-5H3. The molecule has 0 N–H and O–H groups in total. The van der Waals surface area contributed by atoms with E-state index in [9.17, 15) is 0 Å². The van der Waals surface area contributed by atoms with Crippen molar-refractivity contribution in [3.63, 3.8) is 0 Å². The van der Waals surface area contributed by atoms with Crippen molar-refractivity contribution in [2.45, 2.75) is 34.6 Å². The van der Waals surface area contributed by atoms with Crippen molar-refractivity contribution < 1.29 is 0 Å². The molecule has 130 valence electrons. The van der Waals surface area contributed by atoms with Gasteiger partial charge in [-0.15, -0.1) is 11.3 Å². The highest BCUT2D eigenvalue weighted by atomic mass is 32.1. The van der Waals surface area contributed by atoms with Crippen molar-refractivity contribution in [2.24, 2.45) is 0 Å². The SMILES string of the molecule is Cc1cc(C)cc(-c2cc3sc(-c4c(C)cc(C)cc4C)cc3cn2)c1. The van der Waals surface area contributed by atoms with E-state index in [1.807, 2.05) is 17.5 Å². The maximum atomic E-state index is 4.73. The molecule has 0 saturated heterocycles. The second-order valence-electron chi connectivity index (χ2n) is 7.37. The molecule has 1 nitrogen and oxygen atoms in total. The average Bonchev–Trinajstić information content (AvgIpc) is 2.95. The Balaban J connectivity index is 1.84. The Bertz CT molecular complexity index is 1090. The summed E-state index contributed by atoms with van der Waals surface area (Å²) in [6.07, 6.45) is 2.02. The summed E-state index contributed by atoms with van der Waals surface area (Å²) in [5.41, 5.74) is 10.2. The zero-order valence-corrected chi connectivity index (χ0v) is 16.8. The summed E-state index contributed by atoms with van der Waals surface area (Å²) in [5.74, 6) is 0. The van der Waals surface area contributed by atoms with Crippen molar-refractivity contribution in [3.8, 4) is 21.7 Å². The second kappa shape index (κ2) is 6.37. The van der Waals surface area contributed by atoms with Crippen LogP contribution >= 0.6 is 11.3 Å². The fourth-order valence-corrected chi connectivity index (χ4v) is 5.15. The first-order valence-corrected chi connectivity index (χ1v) is 9.79. The molecule has 0 saturated carbocycles. The maximum Gasteiger partial charge on any atom is 0.0716 e. The predicted octanol–water partition coefficient (Wildman–Crippen LogP) is 7.17. The number of hydrogen-bond donors (Lipinski definition) is 0. The number of fused-ring (bicyclic) bond motifs is 1. The quantitative estimate of drug-likeness (QED) is 0.370. The third kappa shape index (κ3) is 3.06. The Morgan fingerprint density at radius 2 is 1.31 bits per heavy atom. The highest BCUT2D eigenvalue weighted by Crippen LogP contribution is 2.38. The smallest absolute Gasteiger partial charge is 0.0716 e. The Kier molecular flexibility index (Phi) is 4.16. The first-order chi connectivity index (χ1) is 12.4. The van der Waals surface area contributed by atoms with E-state index in [2.05, 4.69) is 77.1 Å². The Labute approximate surface area is 159 Å². The second-order valence-corrected chi connectivity index (χ2v) is 8.45. The monoisotopic (exact) mass is 357 g/mol. The number of aryl methyl sites for hydroxylation is 5. The van der Waals surface area contributed by atoms with Gasteiger partial charge in [0.25, 0.3) is 0 Å². The largest absolute Gasteiger partial charge is 0.256 e. The lowest BCUT2D eigenvalue weighted by molar-refractivity contribution is 1.32. The molecule has 4 aromatic rings. The summed E-state index contributed by atoms with van der Waals surface area (Å²) in [4.78, 5) is 6.06. The summed E-state index contributed by atoms with van der Waals surface area (Å²) >= 11 is 1.86. The summed E-state index contributed by atoms with van der Waals surface area (Å²) in [7, 11) is 0. The third-order valence-corrected chi connectivity index (χ3v) is 5.96. The zero-order chi connectivity index (χ0) is 18.4. The van der Waals surface area contributed by atoms with Crippen LogP contribution in [-0.2, 0) is 0 Å². The van der Waals surface area contributed by atoms with E-state index in [0.717, 1.165) is 5.69 Å². The highest BCUT2D eigenvalue weighted by Gasteiger charge is 2.12. The molecule has 0 amide bonds. The van der Waals surface area contributed by atoms with E-state index in [-0.39, 0.29) is 0 Å². The minimum Gasteiger partial charge on any atom is -0.256 e. The molecule has 0 atom stereocenters. The Morgan fingerprint density at radius 3 is 1.96 bits per heavy atom. The lowest BCUT2D eigenvalue weighted by Crippen LogP contribution is -1.87. The molecule has 2 heteroatoms. The van der Waals surface area contributed by atoms with Gasteiger partial charge in [0.2, 0.25) is 0 Å². The summed E-state index contributed by atoms with van der Waals surface area (Å²) in [5, 5.41) is 1.22. The van der Waals surface area contributed by atoms with E-state index >= 15 is 0 Å². The van der Waals surface area contributed by atoms with Crippen molar-refractivity contribution in [2.75, 3.05) is 0 Å². The van der Waals surface area contributed by atoms with E-state index < -0.39 is 0 Å². The first kappa shape index (κ1) is 17.0. The van der Waals surface area contributed by atoms with Gasteiger partial charge >= 0.3 is 0 Å². The van der Waals surface area contributed by atoms with Crippen LogP contribution in [0.1, 0.15) is 27.8 Å². The molecule has 0 bridgehead atoms. The van der Waals surface area contributed by atoms with Gasteiger partial charge in [-0.05, 0) is 75.6 Å². The number of rotatable bonds is 2. The summed E-state index contributed by atoms with van der Waals surface area (Å²) < 4.78 is 1.29. The first-order valence-electron chi connectivity index (χ1n) is 8.97. The van der Waals surface area contributed by atoms with E-state index in [1.54, 1.807) is 0 Å². The number of hydrogen-bond acceptors (Lipinski definition) is 2. The number of pyridine rings is 1. The third-order valence-electron chi connectivity index (χ3n) is 4.84. The topological polar surface area (TPSA) is 12.9 Å². The van der Waals surface area contributed by atoms with Gasteiger partial charge in [0.15, 0.2) is 0 Å². The van der Waals surface area contributed by atoms with Crippen LogP contribution in [0.3, 0.4) is 0 Å². The molecule has 0 aliphatic heterocycles. The molecule has 2 aromatic heterocycles. The molecule has 4 rings (SSSR count). The maximum absolute atomic E-state index is 4.73. The summed E-state index contributed by atoms with van der Waals surface area (Å²) in [6.45, 7) is 10.9. The van der Waals surface area contributed by atoms with Crippen molar-refractivity contribution in [1.29, 1.82) is 0 Å². The molecule has 0 radical (unpaired) electrons. The minimum atomic E-state index is 1.05. The minimum absolute atomic E-state index is 1.05. The molecule has 0 fully saturated rings. The van der Waals surface area contributed by atoms with E-state index in [0.29, 0.717) is 0 Å². The van der Waals surface area contributed by atoms with Gasteiger partial charge < -0.3 is 0 Å². The lowest BCUT2D eigenvalue weighted by Gasteiger charge is -2.09. The fourth-order valence-electron chi connectivity index (χ4n) is 3.91. The van der Waals surface area contributed by atoms with Crippen LogP contribution in [0.2, 0.25) is 0 Å². The van der Waals surface area contributed by atoms with Gasteiger partial charge in [0.05, 0.1) is 5.69 Å². The van der Waals surface area contributed by atoms with Crippen molar-refractivity contribution in [1.82, 2.24) is 4.98 Å². The number of aromatic nitrogens is 1. The molecular weight excluding hydrogens is 334 g/mol. The van der Waals surface area contributed by atoms with Gasteiger partial charge in [0, 0.05) is 26.7 Å². The molecule has 2 heterocycles. The number of benzene rings is 2. The molecule has 0 aliphatic carbocycles. The van der Waals surface area contributed by atoms with Crippen LogP contribution in [0.25, 0.3) is 31.8 Å². The normalized spacial score (nSPS) is 11.3. The van der Waals surface area contributed by atoms with Gasteiger partial charge in [-0.1, -0.05) is 34.9 Å². The van der Waals surface area contributed by atoms with Crippen molar-refractivity contribution >= 4 is 21.4 Å². The fraction of sp³-hybridized carbons (Fsp3) is 0.208. The van der Waals surface area contributed by atoms with Crippen molar-refractivity contribution in [3.05, 3.63) is 76.5 Å². The predicted molar refractivity (Wildman–Crippen MR) is 114 cm³/mol. The average molecular weight is 358 g/mol. The van der Waals surface area contributed by atoms with Crippen LogP contribution < -0.4 is 0 Å². The molecule has 2 aromatic carbocycles. The lowest BCUT2D eigenvalue weighted by atomic mass is 9.98. The van der Waals surface area contributed by atoms with Crippen LogP contribution in [0.15, 0.2) is 48.7 Å². The van der Waals surface area contributed by atoms with E-state index in [4.69, 9.17) is 4.98 Å². The van der Waals surface area contributed by atoms with Gasteiger partial charge in [-0.3, -0.25) is 4.98 Å². The summed E-state index contributed by atoms with van der Waals surface area (Å²) in [6, 6.07) is 15.7. The van der Waals surface area contributed by atoms with Crippen LogP contribution in [0, 0.1) is 34.6 Å². The Hall–Kier alpha value is -2.45. The van der Waals surface area contributed by atoms with Crippen LogP contribution in [-0.4, -0.2) is 4.98 Å². The molecular formula is C24H23NS.